The Labute approximate surface area is 148 Å². The van der Waals surface area contributed by atoms with Crippen LogP contribution in [0.5, 0.6) is 0 Å². The van der Waals surface area contributed by atoms with Crippen molar-refractivity contribution in [2.24, 2.45) is 0 Å². The van der Waals surface area contributed by atoms with E-state index in [2.05, 4.69) is 4.98 Å². The maximum absolute atomic E-state index is 12.2. The van der Waals surface area contributed by atoms with E-state index >= 15 is 0 Å². The van der Waals surface area contributed by atoms with Gasteiger partial charge in [-0.15, -0.1) is 0 Å². The van der Waals surface area contributed by atoms with Crippen molar-refractivity contribution in [3.63, 3.8) is 0 Å². The third-order valence-corrected chi connectivity index (χ3v) is 5.65. The molecular formula is C19H23BN2O3. The van der Waals surface area contributed by atoms with Crippen LogP contribution in [-0.2, 0) is 14.1 Å². The number of anilines is 1. The lowest BCUT2D eigenvalue weighted by atomic mass is 9.76. The fourth-order valence-corrected chi connectivity index (χ4v) is 3.48. The Hall–Kier alpha value is -1.92. The summed E-state index contributed by atoms with van der Waals surface area (Å²) in [6.07, 6.45) is 3.26. The lowest BCUT2D eigenvalue weighted by Gasteiger charge is -2.32. The Bertz CT molecular complexity index is 834. The van der Waals surface area contributed by atoms with E-state index in [4.69, 9.17) is 9.31 Å². The number of pyridine rings is 1. The first-order valence-corrected chi connectivity index (χ1v) is 8.84. The van der Waals surface area contributed by atoms with Gasteiger partial charge >= 0.3 is 7.12 Å². The minimum absolute atomic E-state index is 0.162. The smallest absolute Gasteiger partial charge is 0.399 e. The van der Waals surface area contributed by atoms with Crippen LogP contribution >= 0.6 is 0 Å². The van der Waals surface area contributed by atoms with Crippen LogP contribution in [0.1, 0.15) is 40.5 Å². The van der Waals surface area contributed by atoms with Gasteiger partial charge in [-0.2, -0.15) is 0 Å². The van der Waals surface area contributed by atoms with Crippen LogP contribution in [0.25, 0.3) is 10.9 Å². The Balaban J connectivity index is 1.81. The van der Waals surface area contributed by atoms with E-state index in [1.165, 1.54) is 0 Å². The number of hydrogen-bond acceptors (Lipinski definition) is 4. The molecule has 0 bridgehead atoms. The maximum Gasteiger partial charge on any atom is 0.495 e. The minimum Gasteiger partial charge on any atom is -0.399 e. The van der Waals surface area contributed by atoms with E-state index < -0.39 is 18.3 Å². The van der Waals surface area contributed by atoms with Crippen LogP contribution in [0.15, 0.2) is 30.5 Å². The van der Waals surface area contributed by atoms with Crippen LogP contribution in [0.3, 0.4) is 0 Å². The molecule has 0 saturated carbocycles. The molecule has 2 aromatic rings. The predicted octanol–water partition coefficient (Wildman–Crippen LogP) is 2.66. The number of fused-ring (bicyclic) bond motifs is 1. The van der Waals surface area contributed by atoms with Gasteiger partial charge in [-0.25, -0.2) is 0 Å². The number of carbonyl (C=O) groups is 1. The summed E-state index contributed by atoms with van der Waals surface area (Å²) in [5.41, 5.74) is 1.87. The normalized spacial score (nSPS) is 22.2. The van der Waals surface area contributed by atoms with Gasteiger partial charge in [-0.1, -0.05) is 12.1 Å². The third kappa shape index (κ3) is 2.55. The summed E-state index contributed by atoms with van der Waals surface area (Å²) in [4.78, 5) is 18.6. The van der Waals surface area contributed by atoms with E-state index in [1.807, 2.05) is 56.9 Å². The van der Waals surface area contributed by atoms with Gasteiger partial charge in [0, 0.05) is 24.5 Å². The van der Waals surface area contributed by atoms with Crippen molar-refractivity contribution in [2.45, 2.75) is 51.7 Å². The molecule has 0 unspecified atom stereocenters. The molecule has 4 rings (SSSR count). The average Bonchev–Trinajstić information content (AvgIpc) is 3.07. The molecule has 2 aliphatic heterocycles. The lowest BCUT2D eigenvalue weighted by Crippen LogP contribution is -2.41. The summed E-state index contributed by atoms with van der Waals surface area (Å²) in [6, 6.07) is 7.91. The molecule has 0 N–H and O–H groups in total. The number of carbonyl (C=O) groups excluding carboxylic acids is 1. The molecule has 6 heteroatoms. The second-order valence-electron chi connectivity index (χ2n) is 7.81. The van der Waals surface area contributed by atoms with Crippen molar-refractivity contribution in [1.82, 2.24) is 4.98 Å². The van der Waals surface area contributed by atoms with Crippen molar-refractivity contribution in [2.75, 3.05) is 11.4 Å². The van der Waals surface area contributed by atoms with Gasteiger partial charge < -0.3 is 14.2 Å². The van der Waals surface area contributed by atoms with Gasteiger partial charge in [0.1, 0.15) is 0 Å². The summed E-state index contributed by atoms with van der Waals surface area (Å²) < 4.78 is 12.4. The molecule has 1 aromatic heterocycles. The van der Waals surface area contributed by atoms with Crippen LogP contribution in [-0.4, -0.2) is 35.8 Å². The van der Waals surface area contributed by atoms with Gasteiger partial charge in [0.05, 0.1) is 22.4 Å². The van der Waals surface area contributed by atoms with Crippen LogP contribution in [0.2, 0.25) is 0 Å². The Morgan fingerprint density at radius 1 is 1.12 bits per heavy atom. The zero-order valence-electron chi connectivity index (χ0n) is 15.2. The first-order chi connectivity index (χ1) is 11.8. The molecule has 2 fully saturated rings. The van der Waals surface area contributed by atoms with Gasteiger partial charge in [-0.3, -0.25) is 9.78 Å². The fourth-order valence-electron chi connectivity index (χ4n) is 3.48. The molecular weight excluding hydrogens is 315 g/mol. The zero-order valence-corrected chi connectivity index (χ0v) is 15.2. The Morgan fingerprint density at radius 2 is 1.84 bits per heavy atom. The molecule has 5 nitrogen and oxygen atoms in total. The van der Waals surface area contributed by atoms with Crippen molar-refractivity contribution in [1.29, 1.82) is 0 Å². The molecule has 130 valence electrons. The van der Waals surface area contributed by atoms with E-state index in [0.29, 0.717) is 6.42 Å². The van der Waals surface area contributed by atoms with Crippen LogP contribution in [0.4, 0.5) is 5.69 Å². The quantitative estimate of drug-likeness (QED) is 0.790. The number of benzene rings is 1. The standard InChI is InChI=1S/C19H23BN2O3/c1-18(2)19(3,4)25-20(24-18)14-9-10-15(22-12-6-8-16(22)23)17-13(14)7-5-11-21-17/h5,7,9-11H,6,8,12H2,1-4H3. The highest BCUT2D eigenvalue weighted by Crippen LogP contribution is 2.37. The number of amides is 1. The van der Waals surface area contributed by atoms with Gasteiger partial charge in [0.2, 0.25) is 5.91 Å². The van der Waals surface area contributed by atoms with Gasteiger partial charge in [-0.05, 0) is 51.7 Å². The SMILES string of the molecule is CC1(C)OB(c2ccc(N3CCCC3=O)c3ncccc23)OC1(C)C. The summed E-state index contributed by atoms with van der Waals surface area (Å²) in [6.45, 7) is 8.94. The monoisotopic (exact) mass is 338 g/mol. The Morgan fingerprint density at radius 3 is 2.48 bits per heavy atom. The predicted molar refractivity (Wildman–Crippen MR) is 99.0 cm³/mol. The van der Waals surface area contributed by atoms with E-state index in [0.717, 1.165) is 35.0 Å². The third-order valence-electron chi connectivity index (χ3n) is 5.65. The number of rotatable bonds is 2. The van der Waals surface area contributed by atoms with Gasteiger partial charge in [0.25, 0.3) is 0 Å². The molecule has 0 spiro atoms. The molecule has 2 saturated heterocycles. The summed E-state index contributed by atoms with van der Waals surface area (Å²) in [5.74, 6) is 0.162. The second kappa shape index (κ2) is 5.54. The van der Waals surface area contributed by atoms with Crippen molar-refractivity contribution in [3.05, 3.63) is 30.5 Å². The highest BCUT2D eigenvalue weighted by atomic mass is 16.7. The largest absolute Gasteiger partial charge is 0.495 e. The molecule has 3 heterocycles. The second-order valence-corrected chi connectivity index (χ2v) is 7.81. The van der Waals surface area contributed by atoms with E-state index in [9.17, 15) is 4.79 Å². The molecule has 25 heavy (non-hydrogen) atoms. The molecule has 0 atom stereocenters. The highest BCUT2D eigenvalue weighted by Gasteiger charge is 2.52. The number of nitrogens with zero attached hydrogens (tertiary/aromatic N) is 2. The summed E-state index contributed by atoms with van der Waals surface area (Å²) in [7, 11) is -0.444. The fraction of sp³-hybridized carbons (Fsp3) is 0.474. The van der Waals surface area contributed by atoms with Crippen LogP contribution < -0.4 is 10.4 Å². The molecule has 0 radical (unpaired) electrons. The summed E-state index contributed by atoms with van der Waals surface area (Å²) in [5, 5.41) is 0.971. The first kappa shape index (κ1) is 16.5. The number of hydrogen-bond donors (Lipinski definition) is 0. The van der Waals surface area contributed by atoms with Crippen molar-refractivity contribution in [3.8, 4) is 0 Å². The average molecular weight is 338 g/mol. The van der Waals surface area contributed by atoms with E-state index in [1.54, 1.807) is 6.20 Å². The zero-order chi connectivity index (χ0) is 17.8. The molecule has 1 amide bonds. The van der Waals surface area contributed by atoms with Crippen molar-refractivity contribution < 1.29 is 14.1 Å². The molecule has 1 aromatic carbocycles. The lowest BCUT2D eigenvalue weighted by molar-refractivity contribution is -0.117. The molecule has 0 aliphatic carbocycles. The highest BCUT2D eigenvalue weighted by molar-refractivity contribution is 6.65. The van der Waals surface area contributed by atoms with Crippen molar-refractivity contribution >= 4 is 35.1 Å². The number of aromatic nitrogens is 1. The Kier molecular flexibility index (Phi) is 3.67. The maximum atomic E-state index is 12.2. The van der Waals surface area contributed by atoms with Gasteiger partial charge in [0.15, 0.2) is 0 Å². The first-order valence-electron chi connectivity index (χ1n) is 8.84. The topological polar surface area (TPSA) is 51.7 Å². The summed E-state index contributed by atoms with van der Waals surface area (Å²) >= 11 is 0. The van der Waals surface area contributed by atoms with E-state index in [-0.39, 0.29) is 5.91 Å². The molecule has 2 aliphatic rings. The van der Waals surface area contributed by atoms with Crippen LogP contribution in [0, 0.1) is 0 Å². The minimum atomic E-state index is -0.444.